The van der Waals surface area contributed by atoms with E-state index in [-0.39, 0.29) is 30.2 Å². The normalized spacial score (nSPS) is 12.0. The molecule has 3 aromatic carbocycles. The third-order valence-electron chi connectivity index (χ3n) is 5.86. The number of nitrogens with one attached hydrogen (secondary N) is 1. The molecule has 1 heterocycles. The molecule has 192 valence electrons. The number of aromatic nitrogens is 2. The number of ether oxygens (including phenoxy) is 1. The lowest BCUT2D eigenvalue weighted by Crippen LogP contribution is -2.37. The molecule has 1 aromatic heterocycles. The number of benzene rings is 3. The van der Waals surface area contributed by atoms with Crippen molar-refractivity contribution in [2.45, 2.75) is 38.8 Å². The Morgan fingerprint density at radius 3 is 2.43 bits per heavy atom. The van der Waals surface area contributed by atoms with Crippen molar-refractivity contribution in [3.63, 3.8) is 0 Å². The van der Waals surface area contributed by atoms with Crippen molar-refractivity contribution in [2.75, 3.05) is 6.61 Å². The van der Waals surface area contributed by atoms with Crippen molar-refractivity contribution in [2.24, 2.45) is 0 Å². The van der Waals surface area contributed by atoms with E-state index in [1.54, 1.807) is 42.7 Å². The molecule has 0 aliphatic heterocycles. The van der Waals surface area contributed by atoms with E-state index in [0.717, 1.165) is 16.8 Å². The molecular formula is C28H28ClN3O5. The zero-order chi connectivity index (χ0) is 26.5. The maximum Gasteiger partial charge on any atom is 0.335 e. The Bertz CT molecular complexity index is 1420. The van der Waals surface area contributed by atoms with Crippen LogP contribution in [0.15, 0.2) is 67.0 Å². The van der Waals surface area contributed by atoms with Gasteiger partial charge in [0.15, 0.2) is 0 Å². The van der Waals surface area contributed by atoms with Crippen LogP contribution in [0, 0.1) is 0 Å². The van der Waals surface area contributed by atoms with Crippen LogP contribution in [-0.2, 0) is 6.42 Å². The molecule has 4 aromatic rings. The Labute approximate surface area is 219 Å². The molecule has 0 aliphatic rings. The van der Waals surface area contributed by atoms with E-state index in [2.05, 4.69) is 10.3 Å². The third-order valence-corrected chi connectivity index (χ3v) is 6.16. The summed E-state index contributed by atoms with van der Waals surface area (Å²) in [6.07, 6.45) is 2.55. The quantitative estimate of drug-likeness (QED) is 0.274. The lowest BCUT2D eigenvalue weighted by atomic mass is 10.0. The third kappa shape index (κ3) is 6.28. The molecule has 4 rings (SSSR count). The van der Waals surface area contributed by atoms with Crippen LogP contribution < -0.4 is 10.1 Å². The van der Waals surface area contributed by atoms with Gasteiger partial charge in [0, 0.05) is 23.9 Å². The molecule has 0 saturated heterocycles. The van der Waals surface area contributed by atoms with Gasteiger partial charge >= 0.3 is 5.97 Å². The number of carboxylic acid groups (broad SMARTS) is 1. The topological polar surface area (TPSA) is 114 Å². The van der Waals surface area contributed by atoms with E-state index in [0.29, 0.717) is 34.7 Å². The maximum atomic E-state index is 12.9. The molecule has 8 nitrogen and oxygen atoms in total. The summed E-state index contributed by atoms with van der Waals surface area (Å²) in [6, 6.07) is 17.3. The average Bonchev–Trinajstić information content (AvgIpc) is 3.29. The summed E-state index contributed by atoms with van der Waals surface area (Å²) < 4.78 is 7.51. The van der Waals surface area contributed by atoms with Crippen LogP contribution in [0.5, 0.6) is 5.75 Å². The number of aromatic carboxylic acids is 1. The number of imidazole rings is 1. The summed E-state index contributed by atoms with van der Waals surface area (Å²) in [4.78, 5) is 28.4. The molecule has 9 heteroatoms. The number of fused-ring (bicyclic) bond motifs is 1. The number of carbonyl (C=O) groups is 2. The summed E-state index contributed by atoms with van der Waals surface area (Å²) >= 11 is 6.28. The van der Waals surface area contributed by atoms with Crippen LogP contribution >= 0.6 is 11.6 Å². The Morgan fingerprint density at radius 2 is 1.78 bits per heavy atom. The zero-order valence-corrected chi connectivity index (χ0v) is 21.3. The van der Waals surface area contributed by atoms with Crippen molar-refractivity contribution < 1.29 is 24.5 Å². The number of hydrogen-bond acceptors (Lipinski definition) is 5. The summed E-state index contributed by atoms with van der Waals surface area (Å²) in [5.74, 6) is -0.752. The van der Waals surface area contributed by atoms with Gasteiger partial charge in [-0.2, -0.15) is 0 Å². The van der Waals surface area contributed by atoms with E-state index in [1.807, 2.05) is 42.7 Å². The second-order valence-electron chi connectivity index (χ2n) is 8.99. The first-order chi connectivity index (χ1) is 17.7. The molecule has 0 saturated carbocycles. The molecule has 0 bridgehead atoms. The van der Waals surface area contributed by atoms with Gasteiger partial charge in [-0.15, -0.1) is 0 Å². The summed E-state index contributed by atoms with van der Waals surface area (Å²) in [7, 11) is 0. The van der Waals surface area contributed by atoms with E-state index in [1.165, 1.54) is 0 Å². The van der Waals surface area contributed by atoms with Crippen molar-refractivity contribution in [3.8, 4) is 11.4 Å². The Morgan fingerprint density at radius 1 is 1.05 bits per heavy atom. The fourth-order valence-electron chi connectivity index (χ4n) is 4.07. The van der Waals surface area contributed by atoms with Crippen molar-refractivity contribution in [1.29, 1.82) is 0 Å². The van der Waals surface area contributed by atoms with Gasteiger partial charge in [-0.05, 0) is 80.8 Å². The summed E-state index contributed by atoms with van der Waals surface area (Å²) in [6.45, 7) is 3.74. The number of carboxylic acids is 1. The predicted octanol–water partition coefficient (Wildman–Crippen LogP) is 4.89. The minimum atomic E-state index is -0.995. The molecule has 1 amide bonds. The van der Waals surface area contributed by atoms with Gasteiger partial charge in [-0.1, -0.05) is 23.7 Å². The van der Waals surface area contributed by atoms with E-state index in [4.69, 9.17) is 16.3 Å². The molecule has 0 fully saturated rings. The van der Waals surface area contributed by atoms with Crippen LogP contribution in [0.1, 0.15) is 46.5 Å². The standard InChI is InChI=1S/C28H28ClN3O5/c1-17(2)37-26-10-6-19(14-23(26)29)27(34)31-21(11-12-33)13-18-3-7-22(8-4-18)32-16-30-24-15-20(28(35)36)5-9-25(24)32/h3-10,14-17,21,33H,11-13H2,1-2H3,(H,31,34)(H,35,36)/t21-/m1/s1. The molecule has 0 unspecified atom stereocenters. The summed E-state index contributed by atoms with van der Waals surface area (Å²) in [5, 5.41) is 22.1. The SMILES string of the molecule is CC(C)Oc1ccc(C(=O)N[C@H](CCO)Cc2ccc(-n3cnc4cc(C(=O)O)ccc43)cc2)cc1Cl. The highest BCUT2D eigenvalue weighted by Crippen LogP contribution is 2.26. The minimum absolute atomic E-state index is 0.0326. The molecule has 37 heavy (non-hydrogen) atoms. The smallest absolute Gasteiger partial charge is 0.335 e. The number of nitrogens with zero attached hydrogens (tertiary/aromatic N) is 2. The number of rotatable bonds is 10. The van der Waals surface area contributed by atoms with Crippen molar-refractivity contribution >= 4 is 34.5 Å². The van der Waals surface area contributed by atoms with E-state index >= 15 is 0 Å². The second kappa shape index (κ2) is 11.5. The average molecular weight is 522 g/mol. The minimum Gasteiger partial charge on any atom is -0.489 e. The van der Waals surface area contributed by atoms with Gasteiger partial charge in [-0.3, -0.25) is 9.36 Å². The van der Waals surface area contributed by atoms with Crippen LogP contribution in [-0.4, -0.2) is 50.4 Å². The van der Waals surface area contributed by atoms with Gasteiger partial charge < -0.3 is 20.3 Å². The van der Waals surface area contributed by atoms with Gasteiger partial charge in [0.05, 0.1) is 27.7 Å². The highest BCUT2D eigenvalue weighted by Gasteiger charge is 2.16. The Kier molecular flexibility index (Phi) is 8.11. The van der Waals surface area contributed by atoms with Crippen LogP contribution in [0.2, 0.25) is 5.02 Å². The highest BCUT2D eigenvalue weighted by molar-refractivity contribution is 6.32. The molecule has 1 atom stereocenters. The number of amides is 1. The van der Waals surface area contributed by atoms with Crippen LogP contribution in [0.25, 0.3) is 16.7 Å². The Balaban J connectivity index is 1.46. The summed E-state index contributed by atoms with van der Waals surface area (Å²) in [5.41, 5.74) is 3.85. The molecule has 0 aliphatic carbocycles. The number of carbonyl (C=O) groups excluding carboxylic acids is 1. The van der Waals surface area contributed by atoms with Gasteiger partial charge in [0.2, 0.25) is 0 Å². The molecule has 0 radical (unpaired) electrons. The molecular weight excluding hydrogens is 494 g/mol. The van der Waals surface area contributed by atoms with E-state index < -0.39 is 5.97 Å². The van der Waals surface area contributed by atoms with Crippen LogP contribution in [0.4, 0.5) is 0 Å². The van der Waals surface area contributed by atoms with Gasteiger partial charge in [-0.25, -0.2) is 9.78 Å². The first kappa shape index (κ1) is 26.2. The fourth-order valence-corrected chi connectivity index (χ4v) is 4.30. The second-order valence-corrected chi connectivity index (χ2v) is 9.40. The van der Waals surface area contributed by atoms with Gasteiger partial charge in [0.25, 0.3) is 5.91 Å². The number of hydrogen-bond donors (Lipinski definition) is 3. The highest BCUT2D eigenvalue weighted by atomic mass is 35.5. The Hall–Kier alpha value is -3.88. The lowest BCUT2D eigenvalue weighted by Gasteiger charge is -2.19. The van der Waals surface area contributed by atoms with Crippen LogP contribution in [0.3, 0.4) is 0 Å². The first-order valence-corrected chi connectivity index (χ1v) is 12.3. The van der Waals surface area contributed by atoms with Gasteiger partial charge in [0.1, 0.15) is 12.1 Å². The largest absolute Gasteiger partial charge is 0.489 e. The first-order valence-electron chi connectivity index (χ1n) is 11.9. The number of halogens is 1. The van der Waals surface area contributed by atoms with E-state index in [9.17, 15) is 19.8 Å². The molecule has 0 spiro atoms. The predicted molar refractivity (Wildman–Crippen MR) is 142 cm³/mol. The molecule has 3 N–H and O–H groups in total. The van der Waals surface area contributed by atoms with Crippen molar-refractivity contribution in [3.05, 3.63) is 88.7 Å². The number of aliphatic hydroxyl groups excluding tert-OH is 1. The zero-order valence-electron chi connectivity index (χ0n) is 20.5. The fraction of sp³-hybridized carbons (Fsp3) is 0.250. The monoisotopic (exact) mass is 521 g/mol. The van der Waals surface area contributed by atoms with Crippen molar-refractivity contribution in [1.82, 2.24) is 14.9 Å². The number of aliphatic hydroxyl groups is 1. The lowest BCUT2D eigenvalue weighted by molar-refractivity contribution is 0.0696. The maximum absolute atomic E-state index is 12.9.